The molecule has 0 saturated heterocycles. The van der Waals surface area contributed by atoms with Crippen LogP contribution in [0.1, 0.15) is 11.1 Å². The van der Waals surface area contributed by atoms with Gasteiger partial charge in [-0.2, -0.15) is 0 Å². The van der Waals surface area contributed by atoms with Crippen LogP contribution in [0.2, 0.25) is 0 Å². The maximum absolute atomic E-state index is 11.4. The van der Waals surface area contributed by atoms with Gasteiger partial charge in [0.05, 0.1) is 0 Å². The van der Waals surface area contributed by atoms with Gasteiger partial charge in [-0.05, 0) is 5.56 Å². The molecule has 0 aromatic heterocycles. The standard InChI is InChI=1S/C14H17N3O4.ClH/c1-2-7-21-14(20)17-11(13(18)19)8-9-3-5-10(6-4-9)12(15)16;/h2-6,11H,1,7-8H2,(H3,15,16)(H,17,20)(H,18,19);1H. The Morgan fingerprint density at radius 3 is 2.45 bits per heavy atom. The molecule has 120 valence electrons. The van der Waals surface area contributed by atoms with Crippen molar-refractivity contribution in [2.24, 2.45) is 5.73 Å². The van der Waals surface area contributed by atoms with Crippen molar-refractivity contribution in [3.8, 4) is 0 Å². The minimum atomic E-state index is -1.17. The summed E-state index contributed by atoms with van der Waals surface area (Å²) in [6.07, 6.45) is 0.662. The fraction of sp³-hybridized carbons (Fsp3) is 0.214. The van der Waals surface area contributed by atoms with Crippen LogP contribution in [-0.2, 0) is 16.0 Å². The van der Waals surface area contributed by atoms with Crippen molar-refractivity contribution in [3.63, 3.8) is 0 Å². The predicted octanol–water partition coefficient (Wildman–Crippen LogP) is 1.30. The second-order valence-corrected chi connectivity index (χ2v) is 4.24. The Morgan fingerprint density at radius 2 is 2.00 bits per heavy atom. The van der Waals surface area contributed by atoms with Crippen molar-refractivity contribution in [2.75, 3.05) is 6.61 Å². The summed E-state index contributed by atoms with van der Waals surface area (Å²) in [7, 11) is 0. The van der Waals surface area contributed by atoms with Crippen molar-refractivity contribution in [1.82, 2.24) is 5.32 Å². The number of nitrogen functional groups attached to an aromatic ring is 1. The number of rotatable bonds is 7. The topological polar surface area (TPSA) is 126 Å². The molecule has 5 N–H and O–H groups in total. The summed E-state index contributed by atoms with van der Waals surface area (Å²) >= 11 is 0. The normalized spacial score (nSPS) is 10.7. The highest BCUT2D eigenvalue weighted by Gasteiger charge is 2.21. The lowest BCUT2D eigenvalue weighted by Crippen LogP contribution is -2.42. The van der Waals surface area contributed by atoms with Gasteiger partial charge in [-0.1, -0.05) is 36.9 Å². The molecular weight excluding hydrogens is 310 g/mol. The van der Waals surface area contributed by atoms with E-state index in [1.807, 2.05) is 0 Å². The van der Waals surface area contributed by atoms with Crippen LogP contribution in [0.4, 0.5) is 4.79 Å². The Bertz CT molecular complexity index is 546. The minimum absolute atomic E-state index is 0. The Balaban J connectivity index is 0.00000441. The van der Waals surface area contributed by atoms with Gasteiger partial charge in [0.1, 0.15) is 18.5 Å². The van der Waals surface area contributed by atoms with Crippen LogP contribution < -0.4 is 11.1 Å². The number of amidine groups is 1. The van der Waals surface area contributed by atoms with Crippen LogP contribution in [0, 0.1) is 5.41 Å². The van der Waals surface area contributed by atoms with Gasteiger partial charge in [-0.15, -0.1) is 12.4 Å². The van der Waals surface area contributed by atoms with Crippen molar-refractivity contribution >= 4 is 30.3 Å². The number of alkyl carbamates (subject to hydrolysis) is 1. The summed E-state index contributed by atoms with van der Waals surface area (Å²) in [6.45, 7) is 3.39. The molecule has 0 aliphatic heterocycles. The van der Waals surface area contributed by atoms with E-state index < -0.39 is 18.1 Å². The van der Waals surface area contributed by atoms with E-state index >= 15 is 0 Å². The Morgan fingerprint density at radius 1 is 1.41 bits per heavy atom. The van der Waals surface area contributed by atoms with Crippen molar-refractivity contribution in [1.29, 1.82) is 5.41 Å². The summed E-state index contributed by atoms with van der Waals surface area (Å²) in [5, 5.41) is 18.6. The smallest absolute Gasteiger partial charge is 0.408 e. The second-order valence-electron chi connectivity index (χ2n) is 4.24. The summed E-state index contributed by atoms with van der Waals surface area (Å²) in [5.41, 5.74) is 6.57. The summed E-state index contributed by atoms with van der Waals surface area (Å²) in [4.78, 5) is 22.5. The van der Waals surface area contributed by atoms with Gasteiger partial charge in [0.15, 0.2) is 0 Å². The molecule has 1 amide bonds. The highest BCUT2D eigenvalue weighted by atomic mass is 35.5. The largest absolute Gasteiger partial charge is 0.480 e. The molecule has 0 bridgehead atoms. The Hall–Kier alpha value is -2.54. The van der Waals surface area contributed by atoms with Crippen LogP contribution in [0.25, 0.3) is 0 Å². The van der Waals surface area contributed by atoms with Crippen LogP contribution in [0.15, 0.2) is 36.9 Å². The van der Waals surface area contributed by atoms with Crippen molar-refractivity contribution in [3.05, 3.63) is 48.0 Å². The zero-order valence-corrected chi connectivity index (χ0v) is 12.6. The van der Waals surface area contributed by atoms with E-state index in [4.69, 9.17) is 16.2 Å². The lowest BCUT2D eigenvalue weighted by molar-refractivity contribution is -0.139. The number of amides is 1. The van der Waals surface area contributed by atoms with E-state index in [0.717, 1.165) is 0 Å². The van der Waals surface area contributed by atoms with Crippen molar-refractivity contribution in [2.45, 2.75) is 12.5 Å². The maximum atomic E-state index is 11.4. The average molecular weight is 328 g/mol. The number of carbonyl (C=O) groups excluding carboxylic acids is 1. The molecule has 0 spiro atoms. The van der Waals surface area contributed by atoms with Gasteiger partial charge >= 0.3 is 12.1 Å². The molecule has 0 saturated carbocycles. The third kappa shape index (κ3) is 6.27. The molecule has 0 radical (unpaired) electrons. The van der Waals surface area contributed by atoms with Crippen molar-refractivity contribution < 1.29 is 19.4 Å². The molecule has 1 aromatic carbocycles. The first kappa shape index (κ1) is 19.5. The van der Waals surface area contributed by atoms with Gasteiger partial charge in [-0.25, -0.2) is 9.59 Å². The molecule has 8 heteroatoms. The molecule has 7 nitrogen and oxygen atoms in total. The Labute approximate surface area is 134 Å². The predicted molar refractivity (Wildman–Crippen MR) is 84.5 cm³/mol. The highest BCUT2D eigenvalue weighted by molar-refractivity contribution is 5.94. The number of halogens is 1. The van der Waals surface area contributed by atoms with E-state index in [-0.39, 0.29) is 31.3 Å². The van der Waals surface area contributed by atoms with Crippen LogP contribution >= 0.6 is 12.4 Å². The number of carboxylic acid groups (broad SMARTS) is 1. The third-order valence-corrected chi connectivity index (χ3v) is 2.63. The molecule has 0 aliphatic rings. The molecule has 22 heavy (non-hydrogen) atoms. The van der Waals surface area contributed by atoms with Gasteiger partial charge in [-0.3, -0.25) is 5.41 Å². The molecule has 0 fully saturated rings. The SMILES string of the molecule is C=CCOC(=O)NC(Cc1ccc(C(=N)N)cc1)C(=O)O.Cl. The first-order chi connectivity index (χ1) is 9.93. The van der Waals surface area contributed by atoms with E-state index in [2.05, 4.69) is 16.6 Å². The first-order valence-electron chi connectivity index (χ1n) is 6.14. The molecule has 0 aliphatic carbocycles. The summed E-state index contributed by atoms with van der Waals surface area (Å²) in [5.74, 6) is -1.23. The van der Waals surface area contributed by atoms with E-state index in [0.29, 0.717) is 11.1 Å². The quantitative estimate of drug-likeness (QED) is 0.341. The molecular formula is C14H18ClN3O4. The Kier molecular flexibility index (Phi) is 8.32. The number of nitrogens with two attached hydrogens (primary N) is 1. The number of nitrogens with one attached hydrogen (secondary N) is 2. The van der Waals surface area contributed by atoms with Gasteiger partial charge in [0.2, 0.25) is 0 Å². The average Bonchev–Trinajstić information content (AvgIpc) is 2.44. The third-order valence-electron chi connectivity index (χ3n) is 2.63. The number of hydrogen-bond donors (Lipinski definition) is 4. The van der Waals surface area contributed by atoms with Gasteiger partial charge in [0.25, 0.3) is 0 Å². The fourth-order valence-corrected chi connectivity index (χ4v) is 1.57. The monoisotopic (exact) mass is 327 g/mol. The lowest BCUT2D eigenvalue weighted by Gasteiger charge is -2.14. The van der Waals surface area contributed by atoms with Crippen LogP contribution in [0.5, 0.6) is 0 Å². The number of ether oxygens (including phenoxy) is 1. The lowest BCUT2D eigenvalue weighted by atomic mass is 10.0. The minimum Gasteiger partial charge on any atom is -0.480 e. The second kappa shape index (κ2) is 9.41. The summed E-state index contributed by atoms with van der Waals surface area (Å²) in [6, 6.07) is 5.44. The van der Waals surface area contributed by atoms with Gasteiger partial charge < -0.3 is 20.9 Å². The zero-order valence-electron chi connectivity index (χ0n) is 11.7. The van der Waals surface area contributed by atoms with E-state index in [1.54, 1.807) is 24.3 Å². The zero-order chi connectivity index (χ0) is 15.8. The first-order valence-corrected chi connectivity index (χ1v) is 6.14. The van der Waals surface area contributed by atoms with E-state index in [9.17, 15) is 9.59 Å². The van der Waals surface area contributed by atoms with Gasteiger partial charge in [0, 0.05) is 12.0 Å². The van der Waals surface area contributed by atoms with E-state index in [1.165, 1.54) is 6.08 Å². The molecule has 1 atom stereocenters. The number of hydrogen-bond acceptors (Lipinski definition) is 4. The summed E-state index contributed by atoms with van der Waals surface area (Å²) < 4.78 is 4.68. The number of carboxylic acids is 1. The molecule has 1 rings (SSSR count). The fourth-order valence-electron chi connectivity index (χ4n) is 1.57. The molecule has 0 heterocycles. The highest BCUT2D eigenvalue weighted by Crippen LogP contribution is 2.07. The van der Waals surface area contributed by atoms with Crippen LogP contribution in [0.3, 0.4) is 0 Å². The molecule has 1 unspecified atom stereocenters. The maximum Gasteiger partial charge on any atom is 0.408 e. The number of carbonyl (C=O) groups is 2. The number of benzene rings is 1. The van der Waals surface area contributed by atoms with Crippen LogP contribution in [-0.4, -0.2) is 35.7 Å². The number of aliphatic carboxylic acids is 1. The molecule has 1 aromatic rings.